The first kappa shape index (κ1) is 19.1. The largest absolute Gasteiger partial charge is 0.454 e. The number of carbonyl (C=O) groups is 2. The molecule has 0 aliphatic carbocycles. The van der Waals surface area contributed by atoms with Gasteiger partial charge in [-0.2, -0.15) is 0 Å². The number of anilines is 2. The van der Waals surface area contributed by atoms with Crippen molar-refractivity contribution in [1.82, 2.24) is 9.88 Å². The minimum atomic E-state index is -0.515. The number of hydrogen-bond donors (Lipinski definition) is 2. The summed E-state index contributed by atoms with van der Waals surface area (Å²) < 4.78 is 11.4. The topological polar surface area (TPSA) is 92.8 Å². The van der Waals surface area contributed by atoms with E-state index in [-0.39, 0.29) is 25.2 Å². The van der Waals surface area contributed by atoms with E-state index in [1.165, 1.54) is 0 Å². The number of amides is 2. The lowest BCUT2D eigenvalue weighted by atomic mass is 10.2. The van der Waals surface area contributed by atoms with Gasteiger partial charge in [0.05, 0.1) is 12.6 Å². The van der Waals surface area contributed by atoms with Crippen molar-refractivity contribution in [1.29, 1.82) is 0 Å². The summed E-state index contributed by atoms with van der Waals surface area (Å²) in [7, 11) is 1.71. The highest BCUT2D eigenvalue weighted by Gasteiger charge is 2.21. The maximum Gasteiger partial charge on any atom is 0.241 e. The van der Waals surface area contributed by atoms with Crippen LogP contribution < -0.4 is 20.1 Å². The van der Waals surface area contributed by atoms with Gasteiger partial charge in [0, 0.05) is 22.4 Å². The molecule has 27 heavy (non-hydrogen) atoms. The first-order chi connectivity index (χ1) is 12.9. The molecular weight excluding hydrogens is 416 g/mol. The van der Waals surface area contributed by atoms with E-state index in [0.717, 1.165) is 4.47 Å². The van der Waals surface area contributed by atoms with Gasteiger partial charge in [-0.3, -0.25) is 14.5 Å². The standard InChI is InChI=1S/C18H19BrN4O4/c1-11(18(25)21-13-4-5-14-15(7-13)27-10-26-14)23(2)9-17(24)22-16-6-3-12(19)8-20-16/h3-8,11H,9-10H2,1-2H3,(H,21,25)(H,20,22,24). The fourth-order valence-corrected chi connectivity index (χ4v) is 2.65. The monoisotopic (exact) mass is 434 g/mol. The zero-order chi connectivity index (χ0) is 19.4. The van der Waals surface area contributed by atoms with Crippen LogP contribution >= 0.6 is 15.9 Å². The summed E-state index contributed by atoms with van der Waals surface area (Å²) in [5, 5.41) is 5.51. The van der Waals surface area contributed by atoms with Gasteiger partial charge in [-0.05, 0) is 54.2 Å². The van der Waals surface area contributed by atoms with E-state index >= 15 is 0 Å². The molecule has 1 aliphatic rings. The Hall–Kier alpha value is -2.65. The fourth-order valence-electron chi connectivity index (χ4n) is 2.42. The average Bonchev–Trinajstić information content (AvgIpc) is 3.10. The fraction of sp³-hybridized carbons (Fsp3) is 0.278. The number of ether oxygens (including phenoxy) is 2. The molecule has 1 aromatic carbocycles. The number of hydrogen-bond acceptors (Lipinski definition) is 6. The van der Waals surface area contributed by atoms with Crippen LogP contribution in [-0.4, -0.2) is 48.1 Å². The van der Waals surface area contributed by atoms with Gasteiger partial charge in [0.25, 0.3) is 0 Å². The SMILES string of the molecule is CC(C(=O)Nc1ccc2c(c1)OCO2)N(C)CC(=O)Nc1ccc(Br)cn1. The van der Waals surface area contributed by atoms with Crippen molar-refractivity contribution in [2.45, 2.75) is 13.0 Å². The number of rotatable bonds is 6. The Labute approximate surface area is 165 Å². The Morgan fingerprint density at radius 1 is 1.22 bits per heavy atom. The zero-order valence-corrected chi connectivity index (χ0v) is 16.4. The lowest BCUT2D eigenvalue weighted by molar-refractivity contribution is -0.122. The molecule has 1 aromatic heterocycles. The molecule has 1 aliphatic heterocycles. The molecule has 2 N–H and O–H groups in total. The van der Waals surface area contributed by atoms with Gasteiger partial charge in [-0.1, -0.05) is 0 Å². The second-order valence-electron chi connectivity index (χ2n) is 6.06. The van der Waals surface area contributed by atoms with Gasteiger partial charge in [0.1, 0.15) is 5.82 Å². The van der Waals surface area contributed by atoms with Crippen molar-refractivity contribution in [3.05, 3.63) is 41.0 Å². The summed E-state index contributed by atoms with van der Waals surface area (Å²) in [5.74, 6) is 1.21. The molecule has 0 spiro atoms. The molecule has 8 nitrogen and oxygen atoms in total. The van der Waals surface area contributed by atoms with Crippen LogP contribution in [0.1, 0.15) is 6.92 Å². The van der Waals surface area contributed by atoms with Crippen LogP contribution in [0.2, 0.25) is 0 Å². The molecule has 0 saturated carbocycles. The van der Waals surface area contributed by atoms with Crippen LogP contribution in [0.25, 0.3) is 0 Å². The third-order valence-electron chi connectivity index (χ3n) is 4.07. The maximum atomic E-state index is 12.5. The maximum absolute atomic E-state index is 12.5. The number of aromatic nitrogens is 1. The van der Waals surface area contributed by atoms with Crippen LogP contribution in [-0.2, 0) is 9.59 Å². The first-order valence-corrected chi connectivity index (χ1v) is 9.04. The number of nitrogens with zero attached hydrogens (tertiary/aromatic N) is 2. The third-order valence-corrected chi connectivity index (χ3v) is 4.54. The first-order valence-electron chi connectivity index (χ1n) is 8.24. The molecule has 142 valence electrons. The van der Waals surface area contributed by atoms with E-state index in [0.29, 0.717) is 23.0 Å². The second kappa shape index (κ2) is 8.36. The highest BCUT2D eigenvalue weighted by atomic mass is 79.9. The average molecular weight is 435 g/mol. The minimum Gasteiger partial charge on any atom is -0.454 e. The summed E-state index contributed by atoms with van der Waals surface area (Å²) in [6.45, 7) is 1.95. The van der Waals surface area contributed by atoms with Crippen molar-refractivity contribution in [3.63, 3.8) is 0 Å². The Kier molecular flexibility index (Phi) is 5.92. The van der Waals surface area contributed by atoms with Crippen LogP contribution in [0.15, 0.2) is 41.0 Å². The quantitative estimate of drug-likeness (QED) is 0.725. The van der Waals surface area contributed by atoms with Crippen molar-refractivity contribution in [3.8, 4) is 11.5 Å². The van der Waals surface area contributed by atoms with Crippen LogP contribution in [0.3, 0.4) is 0 Å². The van der Waals surface area contributed by atoms with Gasteiger partial charge < -0.3 is 20.1 Å². The van der Waals surface area contributed by atoms with E-state index in [1.807, 2.05) is 0 Å². The molecule has 2 amide bonds. The van der Waals surface area contributed by atoms with Gasteiger partial charge in [-0.15, -0.1) is 0 Å². The molecule has 3 rings (SSSR count). The Bertz CT molecular complexity index is 844. The molecule has 9 heteroatoms. The van der Waals surface area contributed by atoms with Crippen molar-refractivity contribution < 1.29 is 19.1 Å². The van der Waals surface area contributed by atoms with E-state index in [4.69, 9.17) is 9.47 Å². The molecule has 0 radical (unpaired) electrons. The highest BCUT2D eigenvalue weighted by molar-refractivity contribution is 9.10. The molecule has 2 heterocycles. The van der Waals surface area contributed by atoms with Gasteiger partial charge in [-0.25, -0.2) is 4.98 Å². The number of carbonyl (C=O) groups excluding carboxylic acids is 2. The van der Waals surface area contributed by atoms with Crippen LogP contribution in [0, 0.1) is 0 Å². The lowest BCUT2D eigenvalue weighted by Crippen LogP contribution is -2.43. The number of nitrogens with one attached hydrogen (secondary N) is 2. The summed E-state index contributed by atoms with van der Waals surface area (Å²) in [4.78, 5) is 30.4. The van der Waals surface area contributed by atoms with Crippen molar-refractivity contribution >= 4 is 39.2 Å². The summed E-state index contributed by atoms with van der Waals surface area (Å²) in [5.41, 5.74) is 0.605. The molecular formula is C18H19BrN4O4. The van der Waals surface area contributed by atoms with E-state index in [2.05, 4.69) is 31.5 Å². The Morgan fingerprint density at radius 3 is 2.74 bits per heavy atom. The molecule has 0 fully saturated rings. The van der Waals surface area contributed by atoms with E-state index in [9.17, 15) is 9.59 Å². The van der Waals surface area contributed by atoms with Gasteiger partial charge >= 0.3 is 0 Å². The third kappa shape index (κ3) is 4.95. The smallest absolute Gasteiger partial charge is 0.241 e. The lowest BCUT2D eigenvalue weighted by Gasteiger charge is -2.23. The molecule has 1 atom stereocenters. The number of likely N-dealkylation sites (N-methyl/N-ethyl adjacent to an activating group) is 1. The number of halogens is 1. The minimum absolute atomic E-state index is 0.0491. The zero-order valence-electron chi connectivity index (χ0n) is 14.9. The Morgan fingerprint density at radius 2 is 2.00 bits per heavy atom. The highest BCUT2D eigenvalue weighted by Crippen LogP contribution is 2.34. The second-order valence-corrected chi connectivity index (χ2v) is 6.97. The number of fused-ring (bicyclic) bond motifs is 1. The molecule has 2 aromatic rings. The molecule has 1 unspecified atom stereocenters. The van der Waals surface area contributed by atoms with Gasteiger partial charge in [0.15, 0.2) is 11.5 Å². The van der Waals surface area contributed by atoms with Crippen molar-refractivity contribution in [2.24, 2.45) is 0 Å². The summed E-state index contributed by atoms with van der Waals surface area (Å²) in [6.07, 6.45) is 1.60. The summed E-state index contributed by atoms with van der Waals surface area (Å²) in [6, 6.07) is 8.15. The van der Waals surface area contributed by atoms with Crippen molar-refractivity contribution in [2.75, 3.05) is 31.0 Å². The normalized spacial score (nSPS) is 13.3. The van der Waals surface area contributed by atoms with E-state index in [1.54, 1.807) is 55.4 Å². The predicted molar refractivity (Wildman–Crippen MR) is 104 cm³/mol. The number of benzene rings is 1. The predicted octanol–water partition coefficient (Wildman–Crippen LogP) is 2.47. The van der Waals surface area contributed by atoms with Crippen LogP contribution in [0.5, 0.6) is 11.5 Å². The molecule has 0 bridgehead atoms. The Balaban J connectivity index is 1.52. The molecule has 0 saturated heterocycles. The van der Waals surface area contributed by atoms with Crippen LogP contribution in [0.4, 0.5) is 11.5 Å². The number of pyridine rings is 1. The van der Waals surface area contributed by atoms with E-state index < -0.39 is 6.04 Å². The summed E-state index contributed by atoms with van der Waals surface area (Å²) >= 11 is 3.29. The van der Waals surface area contributed by atoms with Gasteiger partial charge in [0.2, 0.25) is 18.6 Å².